The second-order valence-electron chi connectivity index (χ2n) is 11.0. The van der Waals surface area contributed by atoms with Gasteiger partial charge in [-0.05, 0) is 62.4 Å². The molecule has 2 aromatic carbocycles. The van der Waals surface area contributed by atoms with Gasteiger partial charge in [0.1, 0.15) is 40.5 Å². The second kappa shape index (κ2) is 11.6. The summed E-state index contributed by atoms with van der Waals surface area (Å²) in [6, 6.07) is 11.1. The van der Waals surface area contributed by atoms with Gasteiger partial charge in [0.25, 0.3) is 11.8 Å². The topological polar surface area (TPSA) is 180 Å². The summed E-state index contributed by atoms with van der Waals surface area (Å²) in [5.41, 5.74) is 4.42. The maximum atomic E-state index is 14.7. The van der Waals surface area contributed by atoms with Crippen LogP contribution in [0.2, 0.25) is 0 Å². The zero-order chi connectivity index (χ0) is 33.6. The van der Waals surface area contributed by atoms with Crippen LogP contribution in [0, 0.1) is 5.82 Å². The number of carbonyl (C=O) groups excluding carboxylic acids is 3. The van der Waals surface area contributed by atoms with Crippen LogP contribution < -0.4 is 26.3 Å². The highest BCUT2D eigenvalue weighted by Gasteiger charge is 2.57. The molecule has 4 aromatic rings. The molecular formula is C31H27F4N5O6. The van der Waals surface area contributed by atoms with Crippen molar-refractivity contribution in [2.24, 2.45) is 11.5 Å². The summed E-state index contributed by atoms with van der Waals surface area (Å²) in [4.78, 5) is 45.5. The Balaban J connectivity index is 1.57. The molecule has 0 fully saturated rings. The van der Waals surface area contributed by atoms with Crippen LogP contribution in [0.15, 0.2) is 60.8 Å². The van der Waals surface area contributed by atoms with E-state index in [1.54, 1.807) is 12.1 Å². The smallest absolute Gasteiger partial charge is 0.424 e. The lowest BCUT2D eigenvalue weighted by Crippen LogP contribution is -2.51. The fourth-order valence-electron chi connectivity index (χ4n) is 4.88. The number of nitrogens with zero attached hydrogens (tertiary/aromatic N) is 2. The maximum Gasteiger partial charge on any atom is 0.424 e. The molecule has 240 valence electrons. The van der Waals surface area contributed by atoms with E-state index in [9.17, 15) is 37.1 Å². The number of nitrogens with one attached hydrogen (secondary N) is 1. The molecule has 0 saturated carbocycles. The van der Waals surface area contributed by atoms with Gasteiger partial charge in [-0.3, -0.25) is 19.4 Å². The first-order valence-corrected chi connectivity index (χ1v) is 13.7. The van der Waals surface area contributed by atoms with Crippen LogP contribution in [-0.2, 0) is 20.6 Å². The second-order valence-corrected chi connectivity index (χ2v) is 11.0. The third-order valence-electron chi connectivity index (χ3n) is 7.77. The van der Waals surface area contributed by atoms with Crippen molar-refractivity contribution >= 4 is 28.6 Å². The van der Waals surface area contributed by atoms with Crippen molar-refractivity contribution in [1.82, 2.24) is 15.3 Å². The van der Waals surface area contributed by atoms with Gasteiger partial charge in [-0.1, -0.05) is 6.07 Å². The number of hydrogen-bond donors (Lipinski definition) is 4. The first-order valence-electron chi connectivity index (χ1n) is 13.7. The molecule has 0 aliphatic carbocycles. The summed E-state index contributed by atoms with van der Waals surface area (Å²) < 4.78 is 69.1. The van der Waals surface area contributed by atoms with Gasteiger partial charge in [0.2, 0.25) is 11.5 Å². The predicted molar refractivity (Wildman–Crippen MR) is 155 cm³/mol. The van der Waals surface area contributed by atoms with Gasteiger partial charge in [0, 0.05) is 28.3 Å². The fourth-order valence-corrected chi connectivity index (χ4v) is 4.88. The van der Waals surface area contributed by atoms with Crippen LogP contribution in [0.1, 0.15) is 35.5 Å². The van der Waals surface area contributed by atoms with Gasteiger partial charge in [-0.2, -0.15) is 13.2 Å². The number of alkyl halides is 3. The molecule has 5 rings (SSSR count). The van der Waals surface area contributed by atoms with Gasteiger partial charge in [0.05, 0.1) is 12.2 Å². The van der Waals surface area contributed by atoms with Crippen molar-refractivity contribution in [2.75, 3.05) is 13.2 Å². The summed E-state index contributed by atoms with van der Waals surface area (Å²) >= 11 is 0. The van der Waals surface area contributed by atoms with Crippen molar-refractivity contribution in [2.45, 2.75) is 37.1 Å². The number of hydrogen-bond acceptors (Lipinski definition) is 8. The number of aromatic nitrogens is 2. The molecule has 11 nitrogen and oxygen atoms in total. The van der Waals surface area contributed by atoms with Gasteiger partial charge >= 0.3 is 6.18 Å². The zero-order valence-electron chi connectivity index (χ0n) is 24.3. The molecule has 1 aliphatic heterocycles. The number of ether oxygens (including phenoxy) is 2. The fraction of sp³-hybridized carbons (Fsp3) is 0.258. The number of rotatable bonds is 9. The number of primary amides is 2. The summed E-state index contributed by atoms with van der Waals surface area (Å²) in [5, 5.41) is 13.7. The molecule has 3 atom stereocenters. The molecule has 46 heavy (non-hydrogen) atoms. The number of amides is 3. The van der Waals surface area contributed by atoms with Crippen LogP contribution in [0.25, 0.3) is 22.2 Å². The number of nitrogens with two attached hydrogens (primary N) is 2. The average Bonchev–Trinajstić information content (AvgIpc) is 3.36. The number of pyridine rings is 2. The van der Waals surface area contributed by atoms with Crippen LogP contribution >= 0.6 is 0 Å². The Morgan fingerprint density at radius 3 is 2.46 bits per heavy atom. The van der Waals surface area contributed by atoms with Crippen molar-refractivity contribution in [3.63, 3.8) is 0 Å². The molecule has 2 unspecified atom stereocenters. The number of benzene rings is 2. The van der Waals surface area contributed by atoms with Gasteiger partial charge in [-0.25, -0.2) is 9.37 Å². The lowest BCUT2D eigenvalue weighted by Gasteiger charge is -2.31. The normalized spacial score (nSPS) is 17.8. The van der Waals surface area contributed by atoms with E-state index >= 15 is 0 Å². The monoisotopic (exact) mass is 641 g/mol. The summed E-state index contributed by atoms with van der Waals surface area (Å²) in [7, 11) is 0. The molecule has 3 amide bonds. The molecule has 0 radical (unpaired) electrons. The van der Waals surface area contributed by atoms with Crippen molar-refractivity contribution in [3.05, 3.63) is 83.4 Å². The SMILES string of the molecule is CC(Oc1cc(C(=O)NCC(O)(c2cc3c(c(-c4ccc(F)cc4)n2)OC[C@]3(C)C(N)=O)C(F)(F)F)cc2cccnc12)C(N)=O. The van der Waals surface area contributed by atoms with E-state index in [0.29, 0.717) is 5.39 Å². The zero-order valence-corrected chi connectivity index (χ0v) is 24.3. The van der Waals surface area contributed by atoms with Gasteiger partial charge in [0.15, 0.2) is 6.10 Å². The van der Waals surface area contributed by atoms with Crippen LogP contribution in [0.5, 0.6) is 11.5 Å². The number of halogens is 4. The quantitative estimate of drug-likeness (QED) is 0.201. The Labute approximate surface area is 258 Å². The summed E-state index contributed by atoms with van der Waals surface area (Å²) in [6.07, 6.45) is -5.11. The first-order chi connectivity index (χ1) is 21.5. The van der Waals surface area contributed by atoms with Gasteiger partial charge < -0.3 is 31.4 Å². The lowest BCUT2D eigenvalue weighted by molar-refractivity contribution is -0.265. The minimum atomic E-state index is -5.41. The largest absolute Gasteiger partial charge is 0.489 e. The lowest BCUT2D eigenvalue weighted by atomic mass is 9.81. The van der Waals surface area contributed by atoms with Crippen LogP contribution in [-0.4, -0.2) is 58.2 Å². The summed E-state index contributed by atoms with van der Waals surface area (Å²) in [5.74, 6) is -3.49. The van der Waals surface area contributed by atoms with Crippen molar-refractivity contribution < 1.29 is 46.5 Å². The van der Waals surface area contributed by atoms with E-state index in [2.05, 4.69) is 15.3 Å². The Morgan fingerprint density at radius 2 is 1.83 bits per heavy atom. The van der Waals surface area contributed by atoms with Crippen LogP contribution in [0.4, 0.5) is 17.6 Å². The van der Waals surface area contributed by atoms with E-state index in [1.807, 2.05) is 0 Å². The molecule has 0 saturated heterocycles. The molecule has 15 heteroatoms. The van der Waals surface area contributed by atoms with Crippen molar-refractivity contribution in [1.29, 1.82) is 0 Å². The van der Waals surface area contributed by atoms with E-state index in [0.717, 1.165) is 18.2 Å². The molecule has 2 aromatic heterocycles. The third kappa shape index (κ3) is 5.64. The number of aliphatic hydroxyl groups is 1. The van der Waals surface area contributed by atoms with E-state index < -0.39 is 59.1 Å². The average molecular weight is 642 g/mol. The Morgan fingerprint density at radius 1 is 1.13 bits per heavy atom. The van der Waals surface area contributed by atoms with Gasteiger partial charge in [-0.15, -0.1) is 0 Å². The molecule has 0 spiro atoms. The van der Waals surface area contributed by atoms with E-state index in [4.69, 9.17) is 20.9 Å². The standard InChI is InChI=1S/C31H27F4N5O6/c1-15(26(36)41)46-21-11-18(10-17-4-3-9-38-23(17)21)27(42)39-13-30(44,31(33,34)35)22-12-20-25(45-14-29(20,2)28(37)43)24(40-22)16-5-7-19(32)8-6-16/h3-12,15,44H,13-14H2,1-2H3,(H2,36,41)(H2,37,43)(H,39,42)/t15?,29-,30?/m0/s1. The van der Waals surface area contributed by atoms with E-state index in [-0.39, 0.29) is 46.0 Å². The highest BCUT2D eigenvalue weighted by molar-refractivity contribution is 6.00. The van der Waals surface area contributed by atoms with E-state index in [1.165, 1.54) is 44.3 Å². The molecule has 1 aliphatic rings. The summed E-state index contributed by atoms with van der Waals surface area (Å²) in [6.45, 7) is 0.983. The van der Waals surface area contributed by atoms with Crippen LogP contribution in [0.3, 0.4) is 0 Å². The Kier molecular flexibility index (Phi) is 8.07. The third-order valence-corrected chi connectivity index (χ3v) is 7.77. The highest BCUT2D eigenvalue weighted by Crippen LogP contribution is 2.47. The van der Waals surface area contributed by atoms with Crippen molar-refractivity contribution in [3.8, 4) is 22.8 Å². The minimum absolute atomic E-state index is 0.0319. The maximum absolute atomic E-state index is 14.7. The first kappa shape index (κ1) is 32.1. The molecular weight excluding hydrogens is 614 g/mol. The molecule has 3 heterocycles. The molecule has 6 N–H and O–H groups in total. The molecule has 0 bridgehead atoms. The minimum Gasteiger partial charge on any atom is -0.489 e. The Bertz CT molecular complexity index is 1870. The predicted octanol–water partition coefficient (Wildman–Crippen LogP) is 3.00. The number of carbonyl (C=O) groups is 3. The Hall–Kier alpha value is -5.31. The highest BCUT2D eigenvalue weighted by atomic mass is 19.4. The number of fused-ring (bicyclic) bond motifs is 2.